The summed E-state index contributed by atoms with van der Waals surface area (Å²) in [5, 5.41) is 2.96. The molecule has 0 unspecified atom stereocenters. The van der Waals surface area contributed by atoms with E-state index in [9.17, 15) is 13.2 Å². The average Bonchev–Trinajstić information content (AvgIpc) is 2.73. The van der Waals surface area contributed by atoms with E-state index in [1.807, 2.05) is 49.4 Å². The number of carbonyl (C=O) groups is 1. The Labute approximate surface area is 192 Å². The van der Waals surface area contributed by atoms with E-state index in [2.05, 4.69) is 16.1 Å². The molecule has 0 aliphatic heterocycles. The van der Waals surface area contributed by atoms with Crippen LogP contribution < -0.4 is 10.0 Å². The standard InChI is InChI=1S/C26H34N2O3S/c1-19-16-20(2)25(21(3)17-19)32(30,31)28-24(18-23-12-8-5-9-13-23)26(29)27-15-14-22-10-6-4-7-11-22/h5,8-10,12-13,16-17,24,28H,4,6-7,11,14-15,18H2,1-3H3,(H,27,29)/t24-/m1/s1. The van der Waals surface area contributed by atoms with Gasteiger partial charge in [-0.3, -0.25) is 4.79 Å². The van der Waals surface area contributed by atoms with Gasteiger partial charge in [0.25, 0.3) is 0 Å². The van der Waals surface area contributed by atoms with Crippen LogP contribution in [0.3, 0.4) is 0 Å². The number of nitrogens with one attached hydrogen (secondary N) is 2. The molecule has 1 atom stereocenters. The van der Waals surface area contributed by atoms with Gasteiger partial charge in [-0.25, -0.2) is 8.42 Å². The number of sulfonamides is 1. The molecule has 0 bridgehead atoms. The van der Waals surface area contributed by atoms with Crippen LogP contribution >= 0.6 is 0 Å². The predicted molar refractivity (Wildman–Crippen MR) is 129 cm³/mol. The van der Waals surface area contributed by atoms with E-state index in [4.69, 9.17) is 0 Å². The van der Waals surface area contributed by atoms with Crippen molar-refractivity contribution in [2.45, 2.75) is 70.2 Å². The monoisotopic (exact) mass is 454 g/mol. The van der Waals surface area contributed by atoms with Crippen molar-refractivity contribution in [1.29, 1.82) is 0 Å². The van der Waals surface area contributed by atoms with Crippen molar-refractivity contribution in [2.75, 3.05) is 6.54 Å². The Morgan fingerprint density at radius 3 is 2.34 bits per heavy atom. The molecule has 2 aromatic carbocycles. The topological polar surface area (TPSA) is 75.3 Å². The molecule has 0 spiro atoms. The van der Waals surface area contributed by atoms with Crippen LogP contribution in [0.2, 0.25) is 0 Å². The number of rotatable bonds is 9. The van der Waals surface area contributed by atoms with Gasteiger partial charge in [-0.1, -0.05) is 59.7 Å². The second-order valence-electron chi connectivity index (χ2n) is 8.74. The second-order valence-corrected chi connectivity index (χ2v) is 10.4. The summed E-state index contributed by atoms with van der Waals surface area (Å²) >= 11 is 0. The summed E-state index contributed by atoms with van der Waals surface area (Å²) in [7, 11) is -3.87. The summed E-state index contributed by atoms with van der Waals surface area (Å²) < 4.78 is 29.3. The number of aryl methyl sites for hydroxylation is 3. The van der Waals surface area contributed by atoms with Crippen LogP contribution in [0.5, 0.6) is 0 Å². The van der Waals surface area contributed by atoms with Crippen LogP contribution in [0.25, 0.3) is 0 Å². The van der Waals surface area contributed by atoms with E-state index in [0.717, 1.165) is 30.4 Å². The zero-order valence-electron chi connectivity index (χ0n) is 19.3. The molecule has 2 aromatic rings. The highest BCUT2D eigenvalue weighted by Crippen LogP contribution is 2.22. The Balaban J connectivity index is 1.77. The fourth-order valence-corrected chi connectivity index (χ4v) is 6.12. The van der Waals surface area contributed by atoms with Crippen molar-refractivity contribution in [3.63, 3.8) is 0 Å². The fourth-order valence-electron chi connectivity index (χ4n) is 4.48. The molecule has 0 aromatic heterocycles. The molecule has 2 N–H and O–H groups in total. The second kappa shape index (κ2) is 10.9. The Morgan fingerprint density at radius 1 is 1.03 bits per heavy atom. The highest BCUT2D eigenvalue weighted by atomic mass is 32.2. The van der Waals surface area contributed by atoms with Crippen molar-refractivity contribution >= 4 is 15.9 Å². The first-order chi connectivity index (χ1) is 15.3. The predicted octanol–water partition coefficient (Wildman–Crippen LogP) is 4.51. The van der Waals surface area contributed by atoms with Crippen LogP contribution in [0.15, 0.2) is 59.0 Å². The molecular weight excluding hydrogens is 420 g/mol. The molecule has 0 saturated carbocycles. The summed E-state index contributed by atoms with van der Waals surface area (Å²) in [5.41, 5.74) is 4.65. The summed E-state index contributed by atoms with van der Waals surface area (Å²) in [5.74, 6) is -0.295. The lowest BCUT2D eigenvalue weighted by molar-refractivity contribution is -0.122. The third-order valence-corrected chi connectivity index (χ3v) is 7.68. The van der Waals surface area contributed by atoms with E-state index in [1.165, 1.54) is 18.4 Å². The quantitative estimate of drug-likeness (QED) is 0.548. The number of allylic oxidation sites excluding steroid dienone is 1. The van der Waals surface area contributed by atoms with Gasteiger partial charge in [0.1, 0.15) is 6.04 Å². The lowest BCUT2D eigenvalue weighted by atomic mass is 9.97. The Bertz CT molecular complexity index is 1050. The van der Waals surface area contributed by atoms with Gasteiger partial charge in [0, 0.05) is 6.54 Å². The van der Waals surface area contributed by atoms with Crippen molar-refractivity contribution in [3.05, 3.63) is 76.4 Å². The minimum absolute atomic E-state index is 0.251. The van der Waals surface area contributed by atoms with Crippen molar-refractivity contribution < 1.29 is 13.2 Å². The van der Waals surface area contributed by atoms with Crippen LogP contribution in [-0.4, -0.2) is 26.9 Å². The first kappa shape index (κ1) is 24.2. The Kier molecular flexibility index (Phi) is 8.26. The van der Waals surface area contributed by atoms with E-state index in [0.29, 0.717) is 24.1 Å². The molecule has 0 heterocycles. The van der Waals surface area contributed by atoms with Crippen molar-refractivity contribution in [2.24, 2.45) is 0 Å². The Morgan fingerprint density at radius 2 is 1.72 bits per heavy atom. The van der Waals surface area contributed by atoms with Gasteiger partial charge in [-0.2, -0.15) is 4.72 Å². The van der Waals surface area contributed by atoms with Gasteiger partial charge in [-0.15, -0.1) is 0 Å². The van der Waals surface area contributed by atoms with Crippen LogP contribution in [0, 0.1) is 20.8 Å². The molecule has 6 heteroatoms. The smallest absolute Gasteiger partial charge is 0.241 e. The largest absolute Gasteiger partial charge is 0.354 e. The zero-order valence-corrected chi connectivity index (χ0v) is 20.1. The molecule has 1 aliphatic carbocycles. The summed E-state index contributed by atoms with van der Waals surface area (Å²) in [6.45, 7) is 6.04. The molecule has 5 nitrogen and oxygen atoms in total. The first-order valence-electron chi connectivity index (χ1n) is 11.4. The molecule has 172 valence electrons. The maximum absolute atomic E-state index is 13.3. The summed E-state index contributed by atoms with van der Waals surface area (Å²) in [4.78, 5) is 13.3. The van der Waals surface area contributed by atoms with Gasteiger partial charge in [0.2, 0.25) is 15.9 Å². The molecule has 1 amide bonds. The van der Waals surface area contributed by atoms with Gasteiger partial charge >= 0.3 is 0 Å². The lowest BCUT2D eigenvalue weighted by Crippen LogP contribution is -2.48. The minimum atomic E-state index is -3.87. The lowest BCUT2D eigenvalue weighted by Gasteiger charge is -2.21. The SMILES string of the molecule is Cc1cc(C)c(S(=O)(=O)N[C@H](Cc2ccccc2)C(=O)NCCC2=CCCCC2)c(C)c1. The number of amides is 1. The third kappa shape index (κ3) is 6.53. The van der Waals surface area contributed by atoms with Crippen LogP contribution in [0.1, 0.15) is 54.4 Å². The molecule has 0 saturated heterocycles. The molecule has 32 heavy (non-hydrogen) atoms. The van der Waals surface area contributed by atoms with E-state index >= 15 is 0 Å². The summed E-state index contributed by atoms with van der Waals surface area (Å²) in [6.07, 6.45) is 7.99. The van der Waals surface area contributed by atoms with Crippen LogP contribution in [0.4, 0.5) is 0 Å². The highest BCUT2D eigenvalue weighted by Gasteiger charge is 2.28. The average molecular weight is 455 g/mol. The van der Waals surface area contributed by atoms with Gasteiger partial charge in [-0.05, 0) is 76.0 Å². The van der Waals surface area contributed by atoms with E-state index in [1.54, 1.807) is 13.8 Å². The highest BCUT2D eigenvalue weighted by molar-refractivity contribution is 7.89. The molecule has 0 fully saturated rings. The minimum Gasteiger partial charge on any atom is -0.354 e. The fraction of sp³-hybridized carbons (Fsp3) is 0.423. The zero-order chi connectivity index (χ0) is 23.1. The Hall–Kier alpha value is -2.44. The van der Waals surface area contributed by atoms with Gasteiger partial charge in [0.15, 0.2) is 0 Å². The maximum Gasteiger partial charge on any atom is 0.241 e. The van der Waals surface area contributed by atoms with Crippen molar-refractivity contribution in [1.82, 2.24) is 10.0 Å². The van der Waals surface area contributed by atoms with E-state index < -0.39 is 16.1 Å². The van der Waals surface area contributed by atoms with Gasteiger partial charge < -0.3 is 5.32 Å². The van der Waals surface area contributed by atoms with E-state index in [-0.39, 0.29) is 10.8 Å². The van der Waals surface area contributed by atoms with Crippen LogP contribution in [-0.2, 0) is 21.2 Å². The number of hydrogen-bond acceptors (Lipinski definition) is 3. The van der Waals surface area contributed by atoms with Gasteiger partial charge in [0.05, 0.1) is 4.90 Å². The summed E-state index contributed by atoms with van der Waals surface area (Å²) in [6, 6.07) is 12.3. The third-order valence-electron chi connectivity index (χ3n) is 5.90. The van der Waals surface area contributed by atoms with Crippen molar-refractivity contribution in [3.8, 4) is 0 Å². The molecule has 1 aliphatic rings. The number of benzene rings is 2. The molecule has 0 radical (unpaired) electrons. The first-order valence-corrected chi connectivity index (χ1v) is 12.8. The molecule has 3 rings (SSSR count). The maximum atomic E-state index is 13.3. The molecular formula is C26H34N2O3S. The number of hydrogen-bond donors (Lipinski definition) is 2. The number of carbonyl (C=O) groups excluding carboxylic acids is 1. The normalized spacial score (nSPS) is 15.2.